The first kappa shape index (κ1) is 18.2. The maximum Gasteiger partial charge on any atom is 0.216 e. The lowest BCUT2D eigenvalue weighted by Gasteiger charge is -2.39. The van der Waals surface area contributed by atoms with Crippen LogP contribution in [-0.4, -0.2) is 46.0 Å². The maximum atomic E-state index is 5.84. The fourth-order valence-electron chi connectivity index (χ4n) is 2.50. The molecule has 1 aliphatic heterocycles. The van der Waals surface area contributed by atoms with Gasteiger partial charge < -0.3 is 14.6 Å². The van der Waals surface area contributed by atoms with Gasteiger partial charge in [0.2, 0.25) is 5.89 Å². The molecule has 1 aliphatic rings. The minimum Gasteiger partial charge on any atom is -0.443 e. The number of hydrogen-bond acceptors (Lipinski definition) is 4. The molecule has 1 aromatic rings. The van der Waals surface area contributed by atoms with Crippen molar-refractivity contribution in [3.8, 4) is 0 Å². The van der Waals surface area contributed by atoms with E-state index in [4.69, 9.17) is 9.41 Å². The standard InChI is InChI=1S/C17H30N4OS/c1-7-18-15(21-8-9-23-17(5,6)12-21)20-11-14-19-10-13(22-14)16(2,3)4/h10H,7-9,11-12H2,1-6H3,(H,18,20). The van der Waals surface area contributed by atoms with Crippen molar-refractivity contribution in [3.63, 3.8) is 0 Å². The molecule has 0 bridgehead atoms. The van der Waals surface area contributed by atoms with E-state index in [1.807, 2.05) is 18.0 Å². The van der Waals surface area contributed by atoms with Gasteiger partial charge in [0, 0.05) is 35.5 Å². The van der Waals surface area contributed by atoms with Crippen LogP contribution in [0.3, 0.4) is 0 Å². The summed E-state index contributed by atoms with van der Waals surface area (Å²) < 4.78 is 6.10. The Kier molecular flexibility index (Phi) is 5.65. The third kappa shape index (κ3) is 5.16. The third-order valence-corrected chi connectivity index (χ3v) is 5.01. The molecule has 1 N–H and O–H groups in total. The van der Waals surface area contributed by atoms with Crippen molar-refractivity contribution in [2.75, 3.05) is 25.4 Å². The largest absolute Gasteiger partial charge is 0.443 e. The van der Waals surface area contributed by atoms with Gasteiger partial charge in [0.15, 0.2) is 5.96 Å². The molecule has 0 aromatic carbocycles. The molecular weight excluding hydrogens is 308 g/mol. The number of thioether (sulfide) groups is 1. The molecule has 23 heavy (non-hydrogen) atoms. The van der Waals surface area contributed by atoms with Crippen molar-refractivity contribution in [2.24, 2.45) is 4.99 Å². The van der Waals surface area contributed by atoms with E-state index in [9.17, 15) is 0 Å². The van der Waals surface area contributed by atoms with Gasteiger partial charge in [0.1, 0.15) is 12.3 Å². The van der Waals surface area contributed by atoms with Crippen LogP contribution >= 0.6 is 11.8 Å². The summed E-state index contributed by atoms with van der Waals surface area (Å²) in [6, 6.07) is 0. The molecule has 0 aliphatic carbocycles. The summed E-state index contributed by atoms with van der Waals surface area (Å²) in [6.07, 6.45) is 1.82. The topological polar surface area (TPSA) is 53.7 Å². The molecule has 2 heterocycles. The monoisotopic (exact) mass is 338 g/mol. The highest BCUT2D eigenvalue weighted by Crippen LogP contribution is 2.29. The van der Waals surface area contributed by atoms with Crippen LogP contribution in [0.25, 0.3) is 0 Å². The molecule has 0 amide bonds. The highest BCUT2D eigenvalue weighted by molar-refractivity contribution is 8.00. The second kappa shape index (κ2) is 7.16. The average Bonchev–Trinajstić information content (AvgIpc) is 2.91. The number of nitrogens with one attached hydrogen (secondary N) is 1. The zero-order valence-electron chi connectivity index (χ0n) is 15.3. The first-order chi connectivity index (χ1) is 10.7. The zero-order chi connectivity index (χ0) is 17.1. The lowest BCUT2D eigenvalue weighted by Crippen LogP contribution is -2.50. The lowest BCUT2D eigenvalue weighted by atomic mass is 9.94. The number of hydrogen-bond donors (Lipinski definition) is 1. The first-order valence-electron chi connectivity index (χ1n) is 8.34. The fraction of sp³-hybridized carbons (Fsp3) is 0.765. The molecule has 0 saturated carbocycles. The SMILES string of the molecule is CCNC(=NCc1ncc(C(C)(C)C)o1)N1CCSC(C)(C)C1. The van der Waals surface area contributed by atoms with E-state index < -0.39 is 0 Å². The molecule has 0 atom stereocenters. The summed E-state index contributed by atoms with van der Waals surface area (Å²) in [6.45, 7) is 16.4. The van der Waals surface area contributed by atoms with E-state index in [0.29, 0.717) is 12.4 Å². The van der Waals surface area contributed by atoms with E-state index in [2.05, 4.69) is 56.7 Å². The predicted molar refractivity (Wildman–Crippen MR) is 98.1 cm³/mol. The van der Waals surface area contributed by atoms with Crippen molar-refractivity contribution in [1.82, 2.24) is 15.2 Å². The van der Waals surface area contributed by atoms with Crippen molar-refractivity contribution in [1.29, 1.82) is 0 Å². The molecule has 0 spiro atoms. The van der Waals surface area contributed by atoms with Gasteiger partial charge in [-0.3, -0.25) is 0 Å². The van der Waals surface area contributed by atoms with E-state index in [1.165, 1.54) is 0 Å². The maximum absolute atomic E-state index is 5.84. The van der Waals surface area contributed by atoms with Crippen LogP contribution in [0.4, 0.5) is 0 Å². The molecule has 1 aromatic heterocycles. The van der Waals surface area contributed by atoms with Crippen LogP contribution in [0, 0.1) is 0 Å². The molecule has 130 valence electrons. The molecular formula is C17H30N4OS. The molecule has 5 nitrogen and oxygen atoms in total. The van der Waals surface area contributed by atoms with Crippen LogP contribution in [0.2, 0.25) is 0 Å². The van der Waals surface area contributed by atoms with Gasteiger partial charge in [-0.2, -0.15) is 11.8 Å². The van der Waals surface area contributed by atoms with Crippen LogP contribution in [-0.2, 0) is 12.0 Å². The predicted octanol–water partition coefficient (Wildman–Crippen LogP) is 3.27. The summed E-state index contributed by atoms with van der Waals surface area (Å²) in [5.74, 6) is 3.67. The molecule has 0 unspecified atom stereocenters. The molecule has 0 radical (unpaired) electrons. The van der Waals surface area contributed by atoms with Crippen LogP contribution in [0.5, 0.6) is 0 Å². The Morgan fingerprint density at radius 2 is 2.22 bits per heavy atom. The lowest BCUT2D eigenvalue weighted by molar-refractivity contribution is 0.369. The van der Waals surface area contributed by atoms with Gasteiger partial charge in [-0.05, 0) is 20.8 Å². The highest BCUT2D eigenvalue weighted by atomic mass is 32.2. The Morgan fingerprint density at radius 1 is 1.48 bits per heavy atom. The van der Waals surface area contributed by atoms with E-state index in [1.54, 1.807) is 0 Å². The highest BCUT2D eigenvalue weighted by Gasteiger charge is 2.28. The average molecular weight is 339 g/mol. The number of aromatic nitrogens is 1. The zero-order valence-corrected chi connectivity index (χ0v) is 16.1. The van der Waals surface area contributed by atoms with Crippen molar-refractivity contribution in [2.45, 2.75) is 58.2 Å². The number of aliphatic imine (C=N–C) groups is 1. The number of nitrogens with zero attached hydrogens (tertiary/aromatic N) is 3. The Balaban J connectivity index is 2.08. The van der Waals surface area contributed by atoms with E-state index in [0.717, 1.165) is 37.1 Å². The van der Waals surface area contributed by atoms with Crippen LogP contribution in [0.15, 0.2) is 15.6 Å². The van der Waals surface area contributed by atoms with Gasteiger partial charge in [-0.1, -0.05) is 20.8 Å². The summed E-state index contributed by atoms with van der Waals surface area (Å²) in [7, 11) is 0. The van der Waals surface area contributed by atoms with Crippen LogP contribution in [0.1, 0.15) is 53.2 Å². The second-order valence-corrected chi connectivity index (χ2v) is 9.37. The van der Waals surface area contributed by atoms with Gasteiger partial charge >= 0.3 is 0 Å². The van der Waals surface area contributed by atoms with Crippen molar-refractivity contribution < 1.29 is 4.42 Å². The van der Waals surface area contributed by atoms with Gasteiger partial charge in [0.25, 0.3) is 0 Å². The number of rotatable bonds is 3. The minimum atomic E-state index is -0.0203. The number of oxazole rings is 1. The second-order valence-electron chi connectivity index (χ2n) is 7.57. The number of guanidine groups is 1. The summed E-state index contributed by atoms with van der Waals surface area (Å²) >= 11 is 2.02. The smallest absolute Gasteiger partial charge is 0.216 e. The Morgan fingerprint density at radius 3 is 2.78 bits per heavy atom. The molecule has 2 rings (SSSR count). The quantitative estimate of drug-likeness (QED) is 0.677. The third-order valence-electron chi connectivity index (χ3n) is 3.72. The van der Waals surface area contributed by atoms with Crippen molar-refractivity contribution in [3.05, 3.63) is 17.8 Å². The van der Waals surface area contributed by atoms with Gasteiger partial charge in [-0.25, -0.2) is 9.98 Å². The molecule has 1 saturated heterocycles. The summed E-state index contributed by atoms with van der Waals surface area (Å²) in [4.78, 5) is 11.4. The Bertz CT molecular complexity index is 545. The minimum absolute atomic E-state index is 0.0203. The fourth-order valence-corrected chi connectivity index (χ4v) is 3.61. The van der Waals surface area contributed by atoms with Gasteiger partial charge in [0.05, 0.1) is 6.20 Å². The Hall–Kier alpha value is -1.17. The van der Waals surface area contributed by atoms with E-state index >= 15 is 0 Å². The normalized spacial score (nSPS) is 19.0. The van der Waals surface area contributed by atoms with Crippen LogP contribution < -0.4 is 5.32 Å². The van der Waals surface area contributed by atoms with Gasteiger partial charge in [-0.15, -0.1) is 0 Å². The summed E-state index contributed by atoms with van der Waals surface area (Å²) in [5.41, 5.74) is -0.0203. The Labute approximate surface area is 144 Å². The summed E-state index contributed by atoms with van der Waals surface area (Å²) in [5, 5.41) is 3.39. The van der Waals surface area contributed by atoms with Crippen molar-refractivity contribution >= 4 is 17.7 Å². The molecule has 6 heteroatoms. The first-order valence-corrected chi connectivity index (χ1v) is 9.32. The molecule has 1 fully saturated rings. The van der Waals surface area contributed by atoms with E-state index in [-0.39, 0.29) is 10.2 Å².